The molecule has 7 nitrogen and oxygen atoms in total. The zero-order valence-electron chi connectivity index (χ0n) is 16.6. The van der Waals surface area contributed by atoms with Crippen LogP contribution in [0.3, 0.4) is 0 Å². The lowest BCUT2D eigenvalue weighted by Crippen LogP contribution is -2.64. The molecular weight excluding hydrogens is 388 g/mol. The van der Waals surface area contributed by atoms with Gasteiger partial charge >= 0.3 is 0 Å². The Kier molecular flexibility index (Phi) is 6.10. The van der Waals surface area contributed by atoms with Gasteiger partial charge in [-0.25, -0.2) is 4.98 Å². The van der Waals surface area contributed by atoms with Gasteiger partial charge in [0.15, 0.2) is 5.01 Å². The summed E-state index contributed by atoms with van der Waals surface area (Å²) >= 11 is 1.39. The van der Waals surface area contributed by atoms with Crippen molar-refractivity contribution < 1.29 is 14.3 Å². The van der Waals surface area contributed by atoms with Crippen molar-refractivity contribution in [1.29, 1.82) is 0 Å². The molecule has 3 heterocycles. The molecule has 4 rings (SSSR count). The summed E-state index contributed by atoms with van der Waals surface area (Å²) in [5, 5.41) is 2.40. The summed E-state index contributed by atoms with van der Waals surface area (Å²) in [4.78, 5) is 35.2. The van der Waals surface area contributed by atoms with Gasteiger partial charge in [-0.1, -0.05) is 12.1 Å². The number of rotatable bonds is 6. The molecule has 2 aromatic rings. The van der Waals surface area contributed by atoms with Gasteiger partial charge in [0.25, 0.3) is 5.91 Å². The molecule has 0 bridgehead atoms. The van der Waals surface area contributed by atoms with Crippen LogP contribution in [-0.4, -0.2) is 83.9 Å². The number of aromatic nitrogens is 1. The molecule has 0 aliphatic carbocycles. The highest BCUT2D eigenvalue weighted by Crippen LogP contribution is 2.20. The van der Waals surface area contributed by atoms with Crippen molar-refractivity contribution in [2.24, 2.45) is 0 Å². The third kappa shape index (κ3) is 4.59. The van der Waals surface area contributed by atoms with E-state index in [1.807, 2.05) is 39.4 Å². The van der Waals surface area contributed by atoms with Crippen LogP contribution in [0.5, 0.6) is 5.75 Å². The molecule has 0 N–H and O–H groups in total. The molecule has 8 heteroatoms. The number of nitrogens with zero attached hydrogens (tertiary/aromatic N) is 4. The molecule has 2 aliphatic rings. The molecule has 2 saturated heterocycles. The summed E-state index contributed by atoms with van der Waals surface area (Å²) in [5.74, 6) is 1.08. The first-order valence-electron chi connectivity index (χ1n) is 9.97. The zero-order valence-corrected chi connectivity index (χ0v) is 17.4. The standard InChI is InChI=1S/C21H26N4O3S/c1-28-18-5-2-16(3-6-18)4-7-19(26)25-14-17(15-25)23-9-11-24(12-10-23)21(27)20-22-8-13-29-20/h2-3,5-6,8,13,17H,4,7,9-12,14-15H2,1H3. The van der Waals surface area contributed by atoms with Crippen LogP contribution in [0.25, 0.3) is 0 Å². The first-order valence-corrected chi connectivity index (χ1v) is 10.9. The minimum absolute atomic E-state index is 0.0311. The topological polar surface area (TPSA) is 66.0 Å². The lowest BCUT2D eigenvalue weighted by molar-refractivity contribution is -0.139. The SMILES string of the molecule is COc1ccc(CCC(=O)N2CC(N3CCN(C(=O)c4nccs4)CC3)C2)cc1. The van der Waals surface area contributed by atoms with Crippen LogP contribution < -0.4 is 4.74 Å². The summed E-state index contributed by atoms with van der Waals surface area (Å²) in [6, 6.07) is 8.29. The summed E-state index contributed by atoms with van der Waals surface area (Å²) in [5.41, 5.74) is 1.15. The molecule has 0 unspecified atom stereocenters. The first-order chi connectivity index (χ1) is 14.1. The molecule has 2 fully saturated rings. The molecule has 154 valence electrons. The number of benzene rings is 1. The van der Waals surface area contributed by atoms with Gasteiger partial charge in [-0.2, -0.15) is 0 Å². The Morgan fingerprint density at radius 2 is 1.83 bits per heavy atom. The van der Waals surface area contributed by atoms with Crippen LogP contribution in [0.1, 0.15) is 21.8 Å². The number of thiazole rings is 1. The van der Waals surface area contributed by atoms with E-state index in [9.17, 15) is 9.59 Å². The van der Waals surface area contributed by atoms with E-state index in [0.717, 1.165) is 57.0 Å². The maximum atomic E-state index is 12.4. The van der Waals surface area contributed by atoms with E-state index in [-0.39, 0.29) is 11.8 Å². The minimum atomic E-state index is 0.0311. The molecule has 0 radical (unpaired) electrons. The molecule has 29 heavy (non-hydrogen) atoms. The van der Waals surface area contributed by atoms with E-state index in [2.05, 4.69) is 9.88 Å². The second-order valence-corrected chi connectivity index (χ2v) is 8.36. The second-order valence-electron chi connectivity index (χ2n) is 7.47. The van der Waals surface area contributed by atoms with Gasteiger partial charge in [0.1, 0.15) is 5.75 Å². The van der Waals surface area contributed by atoms with E-state index in [0.29, 0.717) is 17.5 Å². The maximum Gasteiger partial charge on any atom is 0.282 e. The van der Waals surface area contributed by atoms with Crippen LogP contribution in [-0.2, 0) is 11.2 Å². The number of likely N-dealkylation sites (tertiary alicyclic amines) is 1. The third-order valence-corrected chi connectivity index (χ3v) is 6.50. The summed E-state index contributed by atoms with van der Waals surface area (Å²) in [7, 11) is 1.65. The Bertz CT molecular complexity index is 826. The minimum Gasteiger partial charge on any atom is -0.497 e. The van der Waals surface area contributed by atoms with E-state index in [4.69, 9.17) is 4.74 Å². The average molecular weight is 415 g/mol. The van der Waals surface area contributed by atoms with E-state index >= 15 is 0 Å². The number of methoxy groups -OCH3 is 1. The first kappa shape index (κ1) is 19.8. The van der Waals surface area contributed by atoms with Gasteiger partial charge in [0, 0.05) is 63.3 Å². The van der Waals surface area contributed by atoms with Gasteiger partial charge in [-0.15, -0.1) is 11.3 Å². The molecule has 2 amide bonds. The summed E-state index contributed by atoms with van der Waals surface area (Å²) < 4.78 is 5.16. The fourth-order valence-electron chi connectivity index (χ4n) is 3.85. The average Bonchev–Trinajstić information content (AvgIpc) is 3.26. The number of carbonyl (C=O) groups is 2. The van der Waals surface area contributed by atoms with Crippen molar-refractivity contribution >= 4 is 23.2 Å². The van der Waals surface area contributed by atoms with Gasteiger partial charge in [-0.3, -0.25) is 14.5 Å². The Labute approximate surface area is 174 Å². The molecule has 2 aliphatic heterocycles. The van der Waals surface area contributed by atoms with E-state index in [1.165, 1.54) is 11.3 Å². The highest BCUT2D eigenvalue weighted by Gasteiger charge is 2.36. The fraction of sp³-hybridized carbons (Fsp3) is 0.476. The smallest absolute Gasteiger partial charge is 0.282 e. The molecule has 0 saturated carbocycles. The van der Waals surface area contributed by atoms with Crippen LogP contribution in [0.15, 0.2) is 35.8 Å². The largest absolute Gasteiger partial charge is 0.497 e. The monoisotopic (exact) mass is 414 g/mol. The number of amides is 2. The van der Waals surface area contributed by atoms with Crippen LogP contribution in [0, 0.1) is 0 Å². The van der Waals surface area contributed by atoms with Crippen molar-refractivity contribution in [2.45, 2.75) is 18.9 Å². The Balaban J connectivity index is 1.17. The van der Waals surface area contributed by atoms with E-state index in [1.54, 1.807) is 13.3 Å². The van der Waals surface area contributed by atoms with Crippen molar-refractivity contribution in [3.63, 3.8) is 0 Å². The van der Waals surface area contributed by atoms with Crippen molar-refractivity contribution in [1.82, 2.24) is 19.7 Å². The van der Waals surface area contributed by atoms with Crippen molar-refractivity contribution in [2.75, 3.05) is 46.4 Å². The molecule has 1 aromatic heterocycles. The normalized spacial score (nSPS) is 17.8. The Morgan fingerprint density at radius 1 is 1.10 bits per heavy atom. The Hall–Kier alpha value is -2.45. The maximum absolute atomic E-state index is 12.4. The number of hydrogen-bond donors (Lipinski definition) is 0. The molecular formula is C21H26N4O3S. The van der Waals surface area contributed by atoms with Gasteiger partial charge in [0.05, 0.1) is 7.11 Å². The predicted octanol–water partition coefficient (Wildman–Crippen LogP) is 1.75. The zero-order chi connectivity index (χ0) is 20.2. The molecule has 0 atom stereocenters. The van der Waals surface area contributed by atoms with Crippen molar-refractivity contribution in [3.05, 3.63) is 46.4 Å². The second kappa shape index (κ2) is 8.92. The highest BCUT2D eigenvalue weighted by molar-refractivity contribution is 7.11. The van der Waals surface area contributed by atoms with Gasteiger partial charge < -0.3 is 14.5 Å². The fourth-order valence-corrected chi connectivity index (χ4v) is 4.45. The summed E-state index contributed by atoms with van der Waals surface area (Å²) in [6.45, 7) is 4.75. The van der Waals surface area contributed by atoms with Crippen LogP contribution >= 0.6 is 11.3 Å². The van der Waals surface area contributed by atoms with Gasteiger partial charge in [0.2, 0.25) is 5.91 Å². The summed E-state index contributed by atoms with van der Waals surface area (Å²) in [6.07, 6.45) is 2.96. The predicted molar refractivity (Wildman–Crippen MR) is 111 cm³/mol. The third-order valence-electron chi connectivity index (χ3n) is 5.73. The molecule has 0 spiro atoms. The molecule has 1 aromatic carbocycles. The Morgan fingerprint density at radius 3 is 2.45 bits per heavy atom. The van der Waals surface area contributed by atoms with E-state index < -0.39 is 0 Å². The van der Waals surface area contributed by atoms with Crippen molar-refractivity contribution in [3.8, 4) is 5.75 Å². The number of aryl methyl sites for hydroxylation is 1. The van der Waals surface area contributed by atoms with Gasteiger partial charge in [-0.05, 0) is 24.1 Å². The number of ether oxygens (including phenoxy) is 1. The lowest BCUT2D eigenvalue weighted by atomic mass is 10.0. The van der Waals surface area contributed by atoms with Crippen LogP contribution in [0.2, 0.25) is 0 Å². The highest BCUT2D eigenvalue weighted by atomic mass is 32.1. The van der Waals surface area contributed by atoms with Crippen LogP contribution in [0.4, 0.5) is 0 Å². The number of carbonyl (C=O) groups excluding carboxylic acids is 2. The number of hydrogen-bond acceptors (Lipinski definition) is 6. The quantitative estimate of drug-likeness (QED) is 0.721. The number of piperazine rings is 1. The lowest BCUT2D eigenvalue weighted by Gasteiger charge is -2.48.